The Kier molecular flexibility index (Phi) is 4.22. The van der Waals surface area contributed by atoms with Crippen LogP contribution in [0, 0.1) is 0 Å². The van der Waals surface area contributed by atoms with E-state index in [4.69, 9.17) is 17.3 Å². The molecule has 0 aliphatic heterocycles. The summed E-state index contributed by atoms with van der Waals surface area (Å²) in [5.41, 5.74) is 6.42. The monoisotopic (exact) mass is 275 g/mol. The lowest BCUT2D eigenvalue weighted by atomic mass is 10.3. The van der Waals surface area contributed by atoms with E-state index in [2.05, 4.69) is 26.2 Å². The van der Waals surface area contributed by atoms with Gasteiger partial charge < -0.3 is 11.1 Å². The number of aliphatic imine (C=N–C) groups is 1. The van der Waals surface area contributed by atoms with Gasteiger partial charge in [0.2, 0.25) is 0 Å². The van der Waals surface area contributed by atoms with Gasteiger partial charge in [-0.3, -0.25) is 4.99 Å². The second-order valence-corrected chi connectivity index (χ2v) is 3.79. The average molecular weight is 277 g/mol. The van der Waals surface area contributed by atoms with E-state index in [1.807, 2.05) is 19.1 Å². The number of halogens is 2. The van der Waals surface area contributed by atoms with Crippen molar-refractivity contribution in [3.05, 3.63) is 27.7 Å². The van der Waals surface area contributed by atoms with Crippen molar-refractivity contribution in [2.24, 2.45) is 10.7 Å². The minimum atomic E-state index is 0.385. The van der Waals surface area contributed by atoms with Crippen LogP contribution < -0.4 is 11.1 Å². The van der Waals surface area contributed by atoms with E-state index >= 15 is 0 Å². The molecule has 0 bridgehead atoms. The molecule has 0 atom stereocenters. The third kappa shape index (κ3) is 2.89. The SMILES string of the molecule is CCN=C(N)Nc1cccc(Cl)c1Br. The highest BCUT2D eigenvalue weighted by Gasteiger charge is 2.03. The highest BCUT2D eigenvalue weighted by molar-refractivity contribution is 9.10. The largest absolute Gasteiger partial charge is 0.370 e. The predicted octanol–water partition coefficient (Wildman–Crippen LogP) is 2.85. The second-order valence-electron chi connectivity index (χ2n) is 2.59. The Bertz CT molecular complexity index is 352. The van der Waals surface area contributed by atoms with Gasteiger partial charge in [0.05, 0.1) is 15.2 Å². The smallest absolute Gasteiger partial charge is 0.193 e. The summed E-state index contributed by atoms with van der Waals surface area (Å²) in [6.45, 7) is 2.57. The number of hydrogen-bond acceptors (Lipinski definition) is 1. The van der Waals surface area contributed by atoms with Crippen LogP contribution in [-0.4, -0.2) is 12.5 Å². The van der Waals surface area contributed by atoms with Crippen LogP contribution >= 0.6 is 27.5 Å². The summed E-state index contributed by atoms with van der Waals surface area (Å²) >= 11 is 9.26. The molecular formula is C9H11BrClN3. The summed E-state index contributed by atoms with van der Waals surface area (Å²) in [7, 11) is 0. The van der Waals surface area contributed by atoms with Gasteiger partial charge in [0.15, 0.2) is 5.96 Å². The van der Waals surface area contributed by atoms with Gasteiger partial charge in [-0.05, 0) is 35.0 Å². The van der Waals surface area contributed by atoms with Crippen molar-refractivity contribution >= 4 is 39.2 Å². The molecule has 0 aliphatic carbocycles. The average Bonchev–Trinajstić information content (AvgIpc) is 2.13. The number of nitrogens with zero attached hydrogens (tertiary/aromatic N) is 1. The molecule has 3 nitrogen and oxygen atoms in total. The third-order valence-corrected chi connectivity index (χ3v) is 2.94. The summed E-state index contributed by atoms with van der Waals surface area (Å²) in [4.78, 5) is 4.01. The number of nitrogens with one attached hydrogen (secondary N) is 1. The van der Waals surface area contributed by atoms with Crippen molar-refractivity contribution in [2.45, 2.75) is 6.92 Å². The van der Waals surface area contributed by atoms with Gasteiger partial charge in [-0.2, -0.15) is 0 Å². The Morgan fingerprint density at radius 2 is 2.36 bits per heavy atom. The van der Waals surface area contributed by atoms with E-state index in [0.717, 1.165) is 10.2 Å². The first-order valence-electron chi connectivity index (χ1n) is 4.16. The Labute approximate surface area is 96.5 Å². The summed E-state index contributed by atoms with van der Waals surface area (Å²) in [5.74, 6) is 0.385. The maximum Gasteiger partial charge on any atom is 0.193 e. The quantitative estimate of drug-likeness (QED) is 0.644. The summed E-state index contributed by atoms with van der Waals surface area (Å²) in [6.07, 6.45) is 0. The molecule has 0 aromatic heterocycles. The summed E-state index contributed by atoms with van der Waals surface area (Å²) in [6, 6.07) is 5.51. The van der Waals surface area contributed by atoms with Crippen LogP contribution in [0.2, 0.25) is 5.02 Å². The Morgan fingerprint density at radius 1 is 1.64 bits per heavy atom. The molecule has 1 rings (SSSR count). The lowest BCUT2D eigenvalue weighted by Gasteiger charge is -2.08. The highest BCUT2D eigenvalue weighted by atomic mass is 79.9. The van der Waals surface area contributed by atoms with Gasteiger partial charge >= 0.3 is 0 Å². The second kappa shape index (κ2) is 5.22. The standard InChI is InChI=1S/C9H11BrClN3/c1-2-13-9(12)14-7-5-3-4-6(11)8(7)10/h3-5H,2H2,1H3,(H3,12,13,14). The van der Waals surface area contributed by atoms with Crippen LogP contribution in [-0.2, 0) is 0 Å². The lowest BCUT2D eigenvalue weighted by molar-refractivity contribution is 1.12. The molecule has 76 valence electrons. The lowest BCUT2D eigenvalue weighted by Crippen LogP contribution is -2.22. The van der Waals surface area contributed by atoms with Crippen molar-refractivity contribution in [3.63, 3.8) is 0 Å². The topological polar surface area (TPSA) is 50.4 Å². The Hall–Kier alpha value is -0.740. The number of hydrogen-bond donors (Lipinski definition) is 2. The molecule has 1 aromatic rings. The highest BCUT2D eigenvalue weighted by Crippen LogP contribution is 2.29. The van der Waals surface area contributed by atoms with Crippen molar-refractivity contribution in [1.29, 1.82) is 0 Å². The zero-order valence-electron chi connectivity index (χ0n) is 7.72. The van der Waals surface area contributed by atoms with Crippen LogP contribution in [0.15, 0.2) is 27.7 Å². The van der Waals surface area contributed by atoms with E-state index in [-0.39, 0.29) is 0 Å². The first-order valence-corrected chi connectivity index (χ1v) is 5.33. The van der Waals surface area contributed by atoms with Gasteiger partial charge in [-0.1, -0.05) is 17.7 Å². The molecule has 0 heterocycles. The van der Waals surface area contributed by atoms with E-state index in [1.54, 1.807) is 6.07 Å². The van der Waals surface area contributed by atoms with Crippen molar-refractivity contribution in [3.8, 4) is 0 Å². The molecule has 0 aliphatic rings. The Morgan fingerprint density at radius 3 is 3.00 bits per heavy atom. The molecule has 0 spiro atoms. The fraction of sp³-hybridized carbons (Fsp3) is 0.222. The molecule has 0 saturated carbocycles. The van der Waals surface area contributed by atoms with Gasteiger partial charge in [-0.25, -0.2) is 0 Å². The summed E-state index contributed by atoms with van der Waals surface area (Å²) < 4.78 is 0.788. The first kappa shape index (κ1) is 11.3. The van der Waals surface area contributed by atoms with E-state index in [1.165, 1.54) is 0 Å². The van der Waals surface area contributed by atoms with Gasteiger partial charge in [0, 0.05) is 6.54 Å². The molecule has 0 fully saturated rings. The maximum atomic E-state index is 5.91. The van der Waals surface area contributed by atoms with E-state index < -0.39 is 0 Å². The van der Waals surface area contributed by atoms with Crippen molar-refractivity contribution in [2.75, 3.05) is 11.9 Å². The Balaban J connectivity index is 2.87. The fourth-order valence-corrected chi connectivity index (χ4v) is 1.49. The fourth-order valence-electron chi connectivity index (χ4n) is 0.948. The van der Waals surface area contributed by atoms with Gasteiger partial charge in [-0.15, -0.1) is 0 Å². The van der Waals surface area contributed by atoms with Crippen LogP contribution in [0.3, 0.4) is 0 Å². The summed E-state index contributed by atoms with van der Waals surface area (Å²) in [5, 5.41) is 3.59. The molecule has 0 saturated heterocycles. The molecule has 14 heavy (non-hydrogen) atoms. The number of guanidine groups is 1. The third-order valence-electron chi connectivity index (χ3n) is 1.54. The predicted molar refractivity (Wildman–Crippen MR) is 64.9 cm³/mol. The van der Waals surface area contributed by atoms with E-state index in [0.29, 0.717) is 17.5 Å². The molecule has 0 unspecified atom stereocenters. The van der Waals surface area contributed by atoms with Crippen LogP contribution in [0.5, 0.6) is 0 Å². The van der Waals surface area contributed by atoms with Crippen LogP contribution in [0.1, 0.15) is 6.92 Å². The normalized spacial score (nSPS) is 11.5. The zero-order chi connectivity index (χ0) is 10.6. The minimum absolute atomic E-state index is 0.385. The number of nitrogens with two attached hydrogens (primary N) is 1. The molecule has 3 N–H and O–H groups in total. The zero-order valence-corrected chi connectivity index (χ0v) is 10.1. The van der Waals surface area contributed by atoms with Gasteiger partial charge in [0.1, 0.15) is 0 Å². The molecule has 1 aromatic carbocycles. The van der Waals surface area contributed by atoms with Crippen LogP contribution in [0.25, 0.3) is 0 Å². The molecule has 0 radical (unpaired) electrons. The van der Waals surface area contributed by atoms with E-state index in [9.17, 15) is 0 Å². The molecular weight excluding hydrogens is 265 g/mol. The molecule has 0 amide bonds. The van der Waals surface area contributed by atoms with Crippen LogP contribution in [0.4, 0.5) is 5.69 Å². The number of anilines is 1. The first-order chi connectivity index (χ1) is 6.65. The molecule has 5 heteroatoms. The van der Waals surface area contributed by atoms with Gasteiger partial charge in [0.25, 0.3) is 0 Å². The maximum absolute atomic E-state index is 5.91. The number of rotatable bonds is 2. The van der Waals surface area contributed by atoms with Crippen molar-refractivity contribution < 1.29 is 0 Å². The minimum Gasteiger partial charge on any atom is -0.370 e. The van der Waals surface area contributed by atoms with Crippen molar-refractivity contribution in [1.82, 2.24) is 0 Å². The number of benzene rings is 1.